The largest absolute Gasteiger partial charge is 0.490 e. The molecule has 8 heteroatoms. The minimum atomic E-state index is -0.627. The standard InChI is InChI=1S/C21H23FN4O3/c22-16-7-4-8-17-18(16)19(23)25-21(24-17)9-11-26(12-10-21)20(27)29-14-13-28-15-5-2-1-3-6-15/h1-8,24H,9-14H2,(H2,23,25). The van der Waals surface area contributed by atoms with Crippen molar-refractivity contribution in [2.24, 2.45) is 10.7 Å². The number of hydrogen-bond acceptors (Lipinski definition) is 6. The van der Waals surface area contributed by atoms with E-state index in [1.807, 2.05) is 30.3 Å². The van der Waals surface area contributed by atoms with Gasteiger partial charge in [0.2, 0.25) is 0 Å². The van der Waals surface area contributed by atoms with Crippen LogP contribution in [-0.2, 0) is 4.74 Å². The zero-order valence-corrected chi connectivity index (χ0v) is 15.9. The minimum Gasteiger partial charge on any atom is -0.490 e. The van der Waals surface area contributed by atoms with Crippen LogP contribution in [0.15, 0.2) is 53.5 Å². The molecular weight excluding hydrogens is 375 g/mol. The van der Waals surface area contributed by atoms with Crippen molar-refractivity contribution < 1.29 is 18.7 Å². The minimum absolute atomic E-state index is 0.172. The van der Waals surface area contributed by atoms with Crippen molar-refractivity contribution in [2.75, 3.05) is 31.6 Å². The van der Waals surface area contributed by atoms with E-state index in [2.05, 4.69) is 10.3 Å². The molecule has 0 radical (unpaired) electrons. The van der Waals surface area contributed by atoms with E-state index in [4.69, 9.17) is 15.2 Å². The van der Waals surface area contributed by atoms with Crippen LogP contribution >= 0.6 is 0 Å². The van der Waals surface area contributed by atoms with Gasteiger partial charge in [0.25, 0.3) is 0 Å². The van der Waals surface area contributed by atoms with Crippen LogP contribution in [0.2, 0.25) is 0 Å². The predicted octanol–water partition coefficient (Wildman–Crippen LogP) is 2.96. The molecule has 0 atom stereocenters. The number of amides is 1. The fraction of sp³-hybridized carbons (Fsp3) is 0.333. The van der Waals surface area contributed by atoms with Crippen LogP contribution < -0.4 is 15.8 Å². The van der Waals surface area contributed by atoms with Crippen LogP contribution in [0.25, 0.3) is 0 Å². The summed E-state index contributed by atoms with van der Waals surface area (Å²) in [6, 6.07) is 14.1. The van der Waals surface area contributed by atoms with Crippen LogP contribution in [0, 0.1) is 5.82 Å². The van der Waals surface area contributed by atoms with Gasteiger partial charge in [-0.3, -0.25) is 0 Å². The Kier molecular flexibility index (Phi) is 5.24. The highest BCUT2D eigenvalue weighted by molar-refractivity contribution is 6.04. The van der Waals surface area contributed by atoms with Crippen LogP contribution in [0.4, 0.5) is 14.9 Å². The highest BCUT2D eigenvalue weighted by Gasteiger charge is 2.39. The van der Waals surface area contributed by atoms with Crippen molar-refractivity contribution in [3.63, 3.8) is 0 Å². The van der Waals surface area contributed by atoms with Crippen LogP contribution in [0.1, 0.15) is 18.4 Å². The Morgan fingerprint density at radius 3 is 2.66 bits per heavy atom. The van der Waals surface area contributed by atoms with Crippen molar-refractivity contribution in [3.8, 4) is 5.75 Å². The van der Waals surface area contributed by atoms with Crippen molar-refractivity contribution in [2.45, 2.75) is 18.5 Å². The second kappa shape index (κ2) is 7.98. The molecule has 1 fully saturated rings. The SMILES string of the molecule is NC1=NC2(CCN(C(=O)OCCOc3ccccc3)CC2)Nc2cccc(F)c21. The monoisotopic (exact) mass is 398 g/mol. The first-order valence-corrected chi connectivity index (χ1v) is 9.58. The van der Waals surface area contributed by atoms with Crippen molar-refractivity contribution in [1.29, 1.82) is 0 Å². The molecule has 0 aliphatic carbocycles. The third kappa shape index (κ3) is 4.11. The van der Waals surface area contributed by atoms with Crippen LogP contribution in [0.3, 0.4) is 0 Å². The van der Waals surface area contributed by atoms with Gasteiger partial charge in [0.1, 0.15) is 36.3 Å². The zero-order chi connectivity index (χ0) is 20.3. The fourth-order valence-electron chi connectivity index (χ4n) is 3.65. The Balaban J connectivity index is 1.28. The summed E-state index contributed by atoms with van der Waals surface area (Å²) < 4.78 is 24.8. The van der Waals surface area contributed by atoms with Gasteiger partial charge in [0.15, 0.2) is 0 Å². The number of nitrogens with one attached hydrogen (secondary N) is 1. The molecule has 1 amide bonds. The lowest BCUT2D eigenvalue weighted by molar-refractivity contribution is 0.0753. The van der Waals surface area contributed by atoms with E-state index >= 15 is 0 Å². The van der Waals surface area contributed by atoms with Gasteiger partial charge in [-0.15, -0.1) is 0 Å². The number of likely N-dealkylation sites (tertiary alicyclic amines) is 1. The number of fused-ring (bicyclic) bond motifs is 1. The number of piperidine rings is 1. The van der Waals surface area contributed by atoms with Gasteiger partial charge in [0, 0.05) is 31.6 Å². The van der Waals surface area contributed by atoms with Crippen molar-refractivity contribution in [1.82, 2.24) is 4.90 Å². The lowest BCUT2D eigenvalue weighted by Gasteiger charge is -2.42. The number of hydrogen-bond donors (Lipinski definition) is 2. The van der Waals surface area contributed by atoms with Gasteiger partial charge in [-0.25, -0.2) is 14.2 Å². The van der Waals surface area contributed by atoms with Crippen LogP contribution in [0.5, 0.6) is 5.75 Å². The molecule has 3 N–H and O–H groups in total. The predicted molar refractivity (Wildman–Crippen MR) is 108 cm³/mol. The smallest absolute Gasteiger partial charge is 0.409 e. The van der Waals surface area contributed by atoms with Gasteiger partial charge < -0.3 is 25.4 Å². The van der Waals surface area contributed by atoms with E-state index in [9.17, 15) is 9.18 Å². The first-order valence-electron chi connectivity index (χ1n) is 9.58. The van der Waals surface area contributed by atoms with Gasteiger partial charge in [-0.2, -0.15) is 0 Å². The van der Waals surface area contributed by atoms with Gasteiger partial charge in [-0.1, -0.05) is 24.3 Å². The lowest BCUT2D eigenvalue weighted by atomic mass is 9.94. The van der Waals surface area contributed by atoms with E-state index in [0.29, 0.717) is 37.2 Å². The maximum atomic E-state index is 14.0. The number of rotatable bonds is 4. The highest BCUT2D eigenvalue weighted by atomic mass is 19.1. The molecule has 1 saturated heterocycles. The van der Waals surface area contributed by atoms with Crippen molar-refractivity contribution >= 4 is 17.6 Å². The van der Waals surface area contributed by atoms with Gasteiger partial charge in [-0.05, 0) is 24.3 Å². The first kappa shape index (κ1) is 19.0. The summed E-state index contributed by atoms with van der Waals surface area (Å²) in [5, 5.41) is 3.31. The number of aliphatic imine (C=N–C) groups is 1. The summed E-state index contributed by atoms with van der Waals surface area (Å²) in [7, 11) is 0. The summed E-state index contributed by atoms with van der Waals surface area (Å²) in [5.41, 5.74) is 6.34. The molecule has 1 spiro atoms. The average molecular weight is 398 g/mol. The summed E-state index contributed by atoms with van der Waals surface area (Å²) in [5.74, 6) is 0.523. The molecule has 0 aromatic heterocycles. The third-order valence-electron chi connectivity index (χ3n) is 5.14. The summed E-state index contributed by atoms with van der Waals surface area (Å²) in [6.07, 6.45) is 0.731. The number of benzene rings is 2. The second-order valence-corrected chi connectivity index (χ2v) is 7.08. The van der Waals surface area contributed by atoms with E-state index in [0.717, 1.165) is 5.75 Å². The Bertz CT molecular complexity index is 911. The van der Waals surface area contributed by atoms with Crippen LogP contribution in [-0.4, -0.2) is 48.8 Å². The quantitative estimate of drug-likeness (QED) is 0.773. The number of carbonyl (C=O) groups excluding carboxylic acids is 1. The molecule has 7 nitrogen and oxygen atoms in total. The van der Waals surface area contributed by atoms with Gasteiger partial charge in [0.05, 0.1) is 5.56 Å². The Hall–Kier alpha value is -3.29. The second-order valence-electron chi connectivity index (χ2n) is 7.08. The highest BCUT2D eigenvalue weighted by Crippen LogP contribution is 2.35. The molecule has 152 valence electrons. The zero-order valence-electron chi connectivity index (χ0n) is 15.9. The molecule has 2 aromatic carbocycles. The Morgan fingerprint density at radius 1 is 1.14 bits per heavy atom. The molecule has 2 heterocycles. The average Bonchev–Trinajstić information content (AvgIpc) is 2.72. The lowest BCUT2D eigenvalue weighted by Crippen LogP contribution is -2.52. The number of ether oxygens (including phenoxy) is 2. The van der Waals surface area contributed by atoms with E-state index in [1.54, 1.807) is 17.0 Å². The molecule has 0 unspecified atom stereocenters. The normalized spacial score (nSPS) is 17.1. The molecule has 2 aliphatic heterocycles. The maximum absolute atomic E-state index is 14.0. The number of amidine groups is 1. The maximum Gasteiger partial charge on any atom is 0.409 e. The number of halogens is 1. The molecule has 0 saturated carbocycles. The summed E-state index contributed by atoms with van der Waals surface area (Å²) in [6.45, 7) is 1.39. The molecule has 4 rings (SSSR count). The number of nitrogens with zero attached hydrogens (tertiary/aromatic N) is 2. The molecular formula is C21H23FN4O3. The topological polar surface area (TPSA) is 89.2 Å². The van der Waals surface area contributed by atoms with E-state index in [-0.39, 0.29) is 25.1 Å². The Morgan fingerprint density at radius 2 is 1.90 bits per heavy atom. The molecule has 29 heavy (non-hydrogen) atoms. The van der Waals surface area contributed by atoms with E-state index < -0.39 is 11.5 Å². The summed E-state index contributed by atoms with van der Waals surface area (Å²) in [4.78, 5) is 18.5. The first-order chi connectivity index (χ1) is 14.1. The van der Waals surface area contributed by atoms with E-state index in [1.165, 1.54) is 6.07 Å². The Labute approximate surface area is 168 Å². The summed E-state index contributed by atoms with van der Waals surface area (Å²) >= 11 is 0. The number of nitrogens with two attached hydrogens (primary N) is 1. The fourth-order valence-corrected chi connectivity index (χ4v) is 3.65. The number of para-hydroxylation sites is 1. The number of carbonyl (C=O) groups is 1. The third-order valence-corrected chi connectivity index (χ3v) is 5.14. The molecule has 2 aromatic rings. The van der Waals surface area contributed by atoms with Gasteiger partial charge >= 0.3 is 6.09 Å². The molecule has 0 bridgehead atoms. The molecule has 2 aliphatic rings. The number of anilines is 1. The van der Waals surface area contributed by atoms with Crippen molar-refractivity contribution in [3.05, 3.63) is 59.9 Å².